The van der Waals surface area contributed by atoms with Crippen molar-refractivity contribution in [2.24, 2.45) is 0 Å². The van der Waals surface area contributed by atoms with Crippen molar-refractivity contribution in [3.05, 3.63) is 35.4 Å². The number of aliphatic hydroxyl groups excluding tert-OH is 1. The number of amides is 3. The van der Waals surface area contributed by atoms with E-state index in [1.54, 1.807) is 65.8 Å². The quantitative estimate of drug-likeness (QED) is 0.279. The molecule has 2 unspecified atom stereocenters. The second kappa shape index (κ2) is 14.4. The number of benzene rings is 1. The highest BCUT2D eigenvalue weighted by Gasteiger charge is 2.43. The van der Waals surface area contributed by atoms with Crippen molar-refractivity contribution in [2.75, 3.05) is 19.8 Å². The van der Waals surface area contributed by atoms with Gasteiger partial charge in [-0.2, -0.15) is 0 Å². The molecule has 0 saturated carbocycles. The Balaban J connectivity index is 3.48. The van der Waals surface area contributed by atoms with Crippen LogP contribution in [-0.4, -0.2) is 70.8 Å². The van der Waals surface area contributed by atoms with Crippen molar-refractivity contribution in [3.8, 4) is 12.3 Å². The summed E-state index contributed by atoms with van der Waals surface area (Å²) < 4.78 is 10.2. The van der Waals surface area contributed by atoms with E-state index >= 15 is 0 Å². The molecule has 1 aromatic rings. The largest absolute Gasteiger partial charge is 0.466 e. The zero-order valence-corrected chi connectivity index (χ0v) is 23.4. The Kier molecular flexibility index (Phi) is 12.3. The topological polar surface area (TPSA) is 134 Å². The molecule has 0 fully saturated rings. The molecule has 2 atom stereocenters. The Morgan fingerprint density at radius 2 is 1.68 bits per heavy atom. The van der Waals surface area contributed by atoms with Gasteiger partial charge in [0.1, 0.15) is 17.7 Å². The van der Waals surface area contributed by atoms with Crippen LogP contribution in [0.4, 0.5) is 4.79 Å². The fraction of sp³-hybridized carbons (Fsp3) is 0.571. The number of esters is 1. The first-order valence-corrected chi connectivity index (χ1v) is 12.6. The van der Waals surface area contributed by atoms with Crippen LogP contribution in [0.2, 0.25) is 0 Å². The highest BCUT2D eigenvalue weighted by atomic mass is 16.6. The molecule has 1 rings (SSSR count). The number of aliphatic hydroxyl groups is 1. The Hall–Kier alpha value is -3.58. The van der Waals surface area contributed by atoms with E-state index in [9.17, 15) is 24.3 Å². The Labute approximate surface area is 225 Å². The molecule has 0 aliphatic carbocycles. The van der Waals surface area contributed by atoms with Crippen LogP contribution in [0.3, 0.4) is 0 Å². The zero-order valence-electron chi connectivity index (χ0n) is 23.4. The fourth-order valence-electron chi connectivity index (χ4n) is 3.55. The summed E-state index contributed by atoms with van der Waals surface area (Å²) in [6.45, 7) is 11.6. The molecule has 10 nitrogen and oxygen atoms in total. The highest BCUT2D eigenvalue weighted by Crippen LogP contribution is 2.32. The molecule has 0 aromatic heterocycles. The lowest BCUT2D eigenvalue weighted by Gasteiger charge is -2.44. The molecule has 0 bridgehead atoms. The maximum absolute atomic E-state index is 13.9. The number of hydrogen-bond donors (Lipinski definition) is 3. The van der Waals surface area contributed by atoms with Gasteiger partial charge < -0.3 is 30.1 Å². The van der Waals surface area contributed by atoms with Gasteiger partial charge in [0.15, 0.2) is 0 Å². The predicted octanol–water partition coefficient (Wildman–Crippen LogP) is 2.68. The molecule has 38 heavy (non-hydrogen) atoms. The minimum atomic E-state index is -1.38. The van der Waals surface area contributed by atoms with Gasteiger partial charge in [-0.05, 0) is 65.7 Å². The lowest BCUT2D eigenvalue weighted by Crippen LogP contribution is -2.60. The number of nitrogens with zero attached hydrogens (tertiary/aromatic N) is 1. The predicted molar refractivity (Wildman–Crippen MR) is 143 cm³/mol. The van der Waals surface area contributed by atoms with E-state index in [-0.39, 0.29) is 19.6 Å². The normalized spacial score (nSPS) is 12.9. The Morgan fingerprint density at radius 1 is 1.08 bits per heavy atom. The number of hydrogen-bond acceptors (Lipinski definition) is 7. The molecule has 0 saturated heterocycles. The van der Waals surface area contributed by atoms with Crippen LogP contribution in [0, 0.1) is 12.3 Å². The number of terminal acetylenes is 1. The first-order chi connectivity index (χ1) is 17.7. The molecule has 3 N–H and O–H groups in total. The van der Waals surface area contributed by atoms with Gasteiger partial charge in [0, 0.05) is 17.6 Å². The lowest BCUT2D eigenvalue weighted by atomic mass is 9.91. The number of carbonyl (C=O) groups excluding carboxylic acids is 4. The summed E-state index contributed by atoms with van der Waals surface area (Å²) in [5, 5.41) is 15.2. The van der Waals surface area contributed by atoms with Gasteiger partial charge in [0.2, 0.25) is 11.8 Å². The van der Waals surface area contributed by atoms with Crippen molar-refractivity contribution >= 4 is 23.9 Å². The SMILES string of the molecule is C#Cc1ccc(C(C(=O)NCCC(=O)OCC)N(C(=O)C(CO)NC(=O)OC(C)(C)C)C(C)(C)CC)cc1. The van der Waals surface area contributed by atoms with E-state index in [0.717, 1.165) is 0 Å². The molecule has 0 aliphatic heterocycles. The van der Waals surface area contributed by atoms with Crippen LogP contribution in [0.25, 0.3) is 0 Å². The van der Waals surface area contributed by atoms with E-state index in [1.165, 1.54) is 4.90 Å². The van der Waals surface area contributed by atoms with Gasteiger partial charge in [0.25, 0.3) is 0 Å². The second-order valence-corrected chi connectivity index (χ2v) is 10.3. The molecule has 1 aromatic carbocycles. The number of carbonyl (C=O) groups is 4. The smallest absolute Gasteiger partial charge is 0.408 e. The highest BCUT2D eigenvalue weighted by molar-refractivity contribution is 5.93. The van der Waals surface area contributed by atoms with Crippen molar-refractivity contribution in [1.29, 1.82) is 0 Å². The monoisotopic (exact) mass is 531 g/mol. The van der Waals surface area contributed by atoms with Gasteiger partial charge >= 0.3 is 12.1 Å². The van der Waals surface area contributed by atoms with Crippen LogP contribution in [0.1, 0.15) is 78.5 Å². The van der Waals surface area contributed by atoms with E-state index in [1.807, 2.05) is 6.92 Å². The van der Waals surface area contributed by atoms with Crippen LogP contribution in [0.15, 0.2) is 24.3 Å². The summed E-state index contributed by atoms with van der Waals surface area (Å²) in [7, 11) is 0. The lowest BCUT2D eigenvalue weighted by molar-refractivity contribution is -0.150. The summed E-state index contributed by atoms with van der Waals surface area (Å²) in [4.78, 5) is 53.0. The van der Waals surface area contributed by atoms with Crippen molar-refractivity contribution < 1.29 is 33.8 Å². The van der Waals surface area contributed by atoms with E-state index in [4.69, 9.17) is 15.9 Å². The average Bonchev–Trinajstić information content (AvgIpc) is 2.84. The standard InChI is InChI=1S/C28H41N3O7/c1-9-19-12-14-20(15-13-19)23(24(34)29-17-16-22(33)37-11-3)31(28(7,8)10-2)25(35)21(18-32)30-26(36)38-27(4,5)6/h1,12-15,21,23,32H,10-11,16-18H2,2-8H3,(H,29,34)(H,30,36). The third kappa shape index (κ3) is 9.71. The van der Waals surface area contributed by atoms with Gasteiger partial charge in [-0.3, -0.25) is 14.4 Å². The average molecular weight is 532 g/mol. The molecule has 210 valence electrons. The van der Waals surface area contributed by atoms with Crippen LogP contribution in [0.5, 0.6) is 0 Å². The van der Waals surface area contributed by atoms with Crippen molar-refractivity contribution in [2.45, 2.75) is 84.5 Å². The van der Waals surface area contributed by atoms with E-state index < -0.39 is 53.7 Å². The van der Waals surface area contributed by atoms with Gasteiger partial charge in [-0.1, -0.05) is 25.0 Å². The summed E-state index contributed by atoms with van der Waals surface area (Å²) in [5.74, 6) is 0.816. The maximum Gasteiger partial charge on any atom is 0.408 e. The molecule has 0 aliphatic rings. The molecular formula is C28H41N3O7. The van der Waals surface area contributed by atoms with E-state index in [2.05, 4.69) is 16.6 Å². The van der Waals surface area contributed by atoms with Crippen LogP contribution >= 0.6 is 0 Å². The van der Waals surface area contributed by atoms with Gasteiger partial charge in [0.05, 0.1) is 19.6 Å². The summed E-state index contributed by atoms with van der Waals surface area (Å²) in [6.07, 6.45) is 5.00. The van der Waals surface area contributed by atoms with Crippen LogP contribution in [-0.2, 0) is 23.9 Å². The molecular weight excluding hydrogens is 490 g/mol. The molecule has 0 spiro atoms. The third-order valence-electron chi connectivity index (χ3n) is 5.76. The first-order valence-electron chi connectivity index (χ1n) is 12.6. The van der Waals surface area contributed by atoms with Gasteiger partial charge in [-0.15, -0.1) is 6.42 Å². The number of alkyl carbamates (subject to hydrolysis) is 1. The zero-order chi connectivity index (χ0) is 29.1. The minimum absolute atomic E-state index is 0.00915. The minimum Gasteiger partial charge on any atom is -0.466 e. The van der Waals surface area contributed by atoms with Crippen molar-refractivity contribution in [1.82, 2.24) is 15.5 Å². The fourth-order valence-corrected chi connectivity index (χ4v) is 3.55. The Morgan fingerprint density at radius 3 is 2.16 bits per heavy atom. The number of ether oxygens (including phenoxy) is 2. The van der Waals surface area contributed by atoms with Gasteiger partial charge in [-0.25, -0.2) is 4.79 Å². The van der Waals surface area contributed by atoms with E-state index in [0.29, 0.717) is 17.5 Å². The van der Waals surface area contributed by atoms with Crippen molar-refractivity contribution in [3.63, 3.8) is 0 Å². The number of rotatable bonds is 12. The summed E-state index contributed by atoms with van der Waals surface area (Å²) >= 11 is 0. The molecule has 3 amide bonds. The molecule has 0 heterocycles. The number of nitrogens with one attached hydrogen (secondary N) is 2. The molecule has 0 radical (unpaired) electrons. The Bertz CT molecular complexity index is 1010. The van der Waals surface area contributed by atoms with Crippen LogP contribution < -0.4 is 10.6 Å². The summed E-state index contributed by atoms with van der Waals surface area (Å²) in [5.41, 5.74) is -0.673. The summed E-state index contributed by atoms with van der Waals surface area (Å²) in [6, 6.07) is 4.05. The maximum atomic E-state index is 13.9. The molecule has 10 heteroatoms. The first kappa shape index (κ1) is 32.4. The second-order valence-electron chi connectivity index (χ2n) is 10.3. The third-order valence-corrected chi connectivity index (χ3v) is 5.76.